The van der Waals surface area contributed by atoms with Crippen LogP contribution in [0.2, 0.25) is 0 Å². The molecule has 0 bridgehead atoms. The van der Waals surface area contributed by atoms with Gasteiger partial charge in [0, 0.05) is 23.2 Å². The van der Waals surface area contributed by atoms with Crippen LogP contribution in [0, 0.1) is 6.92 Å². The van der Waals surface area contributed by atoms with Crippen LogP contribution in [-0.4, -0.2) is 51.0 Å². The summed E-state index contributed by atoms with van der Waals surface area (Å²) in [5.41, 5.74) is 4.85. The molecule has 44 heavy (non-hydrogen) atoms. The van der Waals surface area contributed by atoms with E-state index in [2.05, 4.69) is 10.6 Å². The van der Waals surface area contributed by atoms with Gasteiger partial charge in [-0.2, -0.15) is 0 Å². The maximum Gasteiger partial charge on any atom is 0.408 e. The van der Waals surface area contributed by atoms with Crippen molar-refractivity contribution in [2.45, 2.75) is 91.0 Å². The molecule has 2 unspecified atom stereocenters. The van der Waals surface area contributed by atoms with Crippen molar-refractivity contribution < 1.29 is 29.0 Å². The van der Waals surface area contributed by atoms with Crippen molar-refractivity contribution in [2.24, 2.45) is 5.73 Å². The van der Waals surface area contributed by atoms with Gasteiger partial charge in [0.25, 0.3) is 5.91 Å². The molecule has 5 N–H and O–H groups in total. The van der Waals surface area contributed by atoms with Crippen LogP contribution >= 0.6 is 0 Å². The SMILES string of the molecule is CCC(C)(C)N(C(=O)C(CCC(N)=O)NC(=O)OC(C)(C)C)C(C(=O)Nc1ccc2ccccc2c1)c1cccc(C)c1O. The smallest absolute Gasteiger partial charge is 0.408 e. The normalized spacial score (nSPS) is 13.1. The van der Waals surface area contributed by atoms with Gasteiger partial charge in [0.1, 0.15) is 23.4 Å². The predicted molar refractivity (Wildman–Crippen MR) is 171 cm³/mol. The van der Waals surface area contributed by atoms with Gasteiger partial charge in [-0.05, 0) is 82.9 Å². The van der Waals surface area contributed by atoms with Crippen LogP contribution in [-0.2, 0) is 19.1 Å². The van der Waals surface area contributed by atoms with Crippen LogP contribution < -0.4 is 16.4 Å². The first kappa shape index (κ1) is 33.9. The van der Waals surface area contributed by atoms with Crippen LogP contribution in [0.5, 0.6) is 5.75 Å². The lowest BCUT2D eigenvalue weighted by Crippen LogP contribution is -2.59. The summed E-state index contributed by atoms with van der Waals surface area (Å²) in [5.74, 6) is -1.99. The van der Waals surface area contributed by atoms with Gasteiger partial charge in [-0.25, -0.2) is 4.79 Å². The molecule has 3 rings (SSSR count). The lowest BCUT2D eigenvalue weighted by atomic mass is 9.90. The summed E-state index contributed by atoms with van der Waals surface area (Å²) in [7, 11) is 0. The summed E-state index contributed by atoms with van der Waals surface area (Å²) in [6.45, 7) is 12.2. The molecule has 0 saturated carbocycles. The fourth-order valence-corrected chi connectivity index (χ4v) is 4.88. The van der Waals surface area contributed by atoms with Crippen molar-refractivity contribution >= 4 is 40.3 Å². The Kier molecular flexibility index (Phi) is 10.6. The minimum Gasteiger partial charge on any atom is -0.507 e. The number of rotatable bonds is 11. The number of phenolic OH excluding ortho intramolecular Hbond substituents is 1. The van der Waals surface area contributed by atoms with E-state index in [1.54, 1.807) is 65.8 Å². The van der Waals surface area contributed by atoms with E-state index in [1.807, 2.05) is 43.3 Å². The molecule has 10 nitrogen and oxygen atoms in total. The van der Waals surface area contributed by atoms with Gasteiger partial charge in [-0.15, -0.1) is 0 Å². The predicted octanol–water partition coefficient (Wildman–Crippen LogP) is 5.71. The molecule has 3 aromatic rings. The maximum atomic E-state index is 14.5. The largest absolute Gasteiger partial charge is 0.507 e. The third-order valence-corrected chi connectivity index (χ3v) is 7.51. The van der Waals surface area contributed by atoms with Crippen molar-refractivity contribution in [2.75, 3.05) is 5.32 Å². The minimum atomic E-state index is -1.32. The molecule has 10 heteroatoms. The number of nitrogens with two attached hydrogens (primary N) is 1. The highest BCUT2D eigenvalue weighted by atomic mass is 16.6. The number of nitrogens with zero attached hydrogens (tertiary/aromatic N) is 1. The summed E-state index contributed by atoms with van der Waals surface area (Å²) >= 11 is 0. The zero-order valence-electron chi connectivity index (χ0n) is 26.6. The molecule has 3 aromatic carbocycles. The van der Waals surface area contributed by atoms with Crippen molar-refractivity contribution in [3.05, 3.63) is 71.8 Å². The second kappa shape index (κ2) is 13.8. The number of hydrogen-bond acceptors (Lipinski definition) is 6. The topological polar surface area (TPSA) is 151 Å². The van der Waals surface area contributed by atoms with Gasteiger partial charge >= 0.3 is 6.09 Å². The number of alkyl carbamates (subject to hydrolysis) is 1. The Balaban J connectivity index is 2.15. The average Bonchev–Trinajstić information content (AvgIpc) is 2.94. The van der Waals surface area contributed by atoms with Gasteiger partial charge < -0.3 is 31.1 Å². The Labute approximate surface area is 258 Å². The van der Waals surface area contributed by atoms with Crippen molar-refractivity contribution in [1.82, 2.24) is 10.2 Å². The summed E-state index contributed by atoms with van der Waals surface area (Å²) in [6.07, 6.45) is -0.760. The number of primary amides is 1. The molecule has 0 spiro atoms. The van der Waals surface area contributed by atoms with E-state index in [0.717, 1.165) is 10.8 Å². The zero-order chi connectivity index (χ0) is 32.8. The van der Waals surface area contributed by atoms with E-state index in [-0.39, 0.29) is 24.2 Å². The van der Waals surface area contributed by atoms with Crippen LogP contribution in [0.4, 0.5) is 10.5 Å². The van der Waals surface area contributed by atoms with Crippen LogP contribution in [0.15, 0.2) is 60.7 Å². The Morgan fingerprint density at radius 1 is 0.955 bits per heavy atom. The zero-order valence-corrected chi connectivity index (χ0v) is 26.6. The molecule has 0 aromatic heterocycles. The number of aryl methyl sites for hydroxylation is 1. The van der Waals surface area contributed by atoms with E-state index < -0.39 is 47.0 Å². The van der Waals surface area contributed by atoms with Crippen LogP contribution in [0.3, 0.4) is 0 Å². The second-order valence-corrected chi connectivity index (χ2v) is 12.5. The molecule has 0 aliphatic heterocycles. The van der Waals surface area contributed by atoms with Crippen LogP contribution in [0.25, 0.3) is 10.8 Å². The van der Waals surface area contributed by atoms with E-state index in [1.165, 1.54) is 4.90 Å². The number of amides is 4. The first-order valence-electron chi connectivity index (χ1n) is 14.7. The number of aromatic hydroxyl groups is 1. The first-order chi connectivity index (χ1) is 20.5. The summed E-state index contributed by atoms with van der Waals surface area (Å²) in [5, 5.41) is 18.7. The Bertz CT molecular complexity index is 1530. The fraction of sp³-hybridized carbons (Fsp3) is 0.412. The highest BCUT2D eigenvalue weighted by Crippen LogP contribution is 2.38. The Morgan fingerprint density at radius 3 is 2.23 bits per heavy atom. The van der Waals surface area contributed by atoms with E-state index in [9.17, 15) is 24.3 Å². The standard InChI is InChI=1S/C34H44N4O6/c1-8-34(6,7)38(31(42)26(18-19-27(35)39)37-32(43)44-33(3,4)5)28(25-15-11-12-21(2)29(25)40)30(41)36-24-17-16-22-13-9-10-14-23(22)20-24/h9-17,20,26,28,40H,8,18-19H2,1-7H3,(H2,35,39)(H,36,41)(H,37,43). The molecule has 0 saturated heterocycles. The highest BCUT2D eigenvalue weighted by molar-refractivity contribution is 6.01. The van der Waals surface area contributed by atoms with Crippen molar-refractivity contribution in [1.29, 1.82) is 0 Å². The molecule has 0 aliphatic rings. The van der Waals surface area contributed by atoms with Gasteiger partial charge in [0.2, 0.25) is 11.8 Å². The lowest BCUT2D eigenvalue weighted by Gasteiger charge is -2.44. The number of anilines is 1. The molecular weight excluding hydrogens is 560 g/mol. The Hall–Kier alpha value is -4.60. The number of hydrogen-bond donors (Lipinski definition) is 4. The van der Waals surface area contributed by atoms with E-state index >= 15 is 0 Å². The molecule has 0 aliphatic carbocycles. The number of ether oxygens (including phenoxy) is 1. The average molecular weight is 605 g/mol. The summed E-state index contributed by atoms with van der Waals surface area (Å²) in [6, 6.07) is 15.6. The van der Waals surface area contributed by atoms with Gasteiger partial charge in [0.05, 0.1) is 0 Å². The summed E-state index contributed by atoms with van der Waals surface area (Å²) < 4.78 is 5.40. The first-order valence-corrected chi connectivity index (χ1v) is 14.7. The molecule has 2 atom stereocenters. The third kappa shape index (κ3) is 8.49. The molecule has 0 radical (unpaired) electrons. The monoisotopic (exact) mass is 604 g/mol. The number of benzene rings is 3. The maximum absolute atomic E-state index is 14.5. The van der Waals surface area contributed by atoms with Gasteiger partial charge in [-0.1, -0.05) is 55.5 Å². The number of phenols is 1. The molecule has 4 amide bonds. The van der Waals surface area contributed by atoms with E-state index in [4.69, 9.17) is 10.5 Å². The van der Waals surface area contributed by atoms with E-state index in [0.29, 0.717) is 17.7 Å². The Morgan fingerprint density at radius 2 is 1.61 bits per heavy atom. The fourth-order valence-electron chi connectivity index (χ4n) is 4.88. The summed E-state index contributed by atoms with van der Waals surface area (Å²) in [4.78, 5) is 54.8. The van der Waals surface area contributed by atoms with Gasteiger partial charge in [0.15, 0.2) is 0 Å². The van der Waals surface area contributed by atoms with Gasteiger partial charge in [-0.3, -0.25) is 14.4 Å². The number of nitrogens with one attached hydrogen (secondary N) is 2. The second-order valence-electron chi connectivity index (χ2n) is 12.5. The molecule has 236 valence electrons. The molecule has 0 fully saturated rings. The lowest BCUT2D eigenvalue weighted by molar-refractivity contribution is -0.148. The number of fused-ring (bicyclic) bond motifs is 1. The highest BCUT2D eigenvalue weighted by Gasteiger charge is 2.44. The quantitative estimate of drug-likeness (QED) is 0.220. The minimum absolute atomic E-state index is 0.123. The third-order valence-electron chi connectivity index (χ3n) is 7.51. The molecular formula is C34H44N4O6. The number of carbonyl (C=O) groups is 4. The van der Waals surface area contributed by atoms with Crippen molar-refractivity contribution in [3.8, 4) is 5.75 Å². The number of para-hydroxylation sites is 1. The van der Waals surface area contributed by atoms with Crippen LogP contribution in [0.1, 0.15) is 78.0 Å². The number of carbonyl (C=O) groups excluding carboxylic acids is 4. The molecule has 0 heterocycles. The van der Waals surface area contributed by atoms with Crippen molar-refractivity contribution in [3.63, 3.8) is 0 Å².